The summed E-state index contributed by atoms with van der Waals surface area (Å²) in [5.41, 5.74) is 1.66. The summed E-state index contributed by atoms with van der Waals surface area (Å²) < 4.78 is 0.338. The van der Waals surface area contributed by atoms with Gasteiger partial charge in [0.15, 0.2) is 0 Å². The number of rotatable bonds is 6. The third-order valence-electron chi connectivity index (χ3n) is 3.27. The van der Waals surface area contributed by atoms with Crippen LogP contribution in [0.3, 0.4) is 0 Å². The van der Waals surface area contributed by atoms with Crippen LogP contribution >= 0.6 is 11.8 Å². The van der Waals surface area contributed by atoms with Gasteiger partial charge in [0.1, 0.15) is 0 Å². The highest BCUT2D eigenvalue weighted by Crippen LogP contribution is 2.47. The van der Waals surface area contributed by atoms with Crippen molar-refractivity contribution in [3.8, 4) is 0 Å². The molecule has 18 heavy (non-hydrogen) atoms. The van der Waals surface area contributed by atoms with Crippen molar-refractivity contribution in [1.82, 2.24) is 0 Å². The number of nitro groups is 1. The standard InChI is InChI=1S/C12H17N3O2S/c1-13-9-5-10(7-11(6-9)15(16)17)14-8-12(18-2)3-4-12/h5-7,13-14H,3-4,8H2,1-2H3. The summed E-state index contributed by atoms with van der Waals surface area (Å²) in [6, 6.07) is 5.01. The van der Waals surface area contributed by atoms with Gasteiger partial charge in [-0.2, -0.15) is 11.8 Å². The van der Waals surface area contributed by atoms with Crippen molar-refractivity contribution in [3.05, 3.63) is 28.3 Å². The Balaban J connectivity index is 2.11. The van der Waals surface area contributed by atoms with Crippen LogP contribution in [0.1, 0.15) is 12.8 Å². The lowest BCUT2D eigenvalue weighted by molar-refractivity contribution is -0.384. The second-order valence-corrected chi connectivity index (χ2v) is 5.79. The van der Waals surface area contributed by atoms with Crippen LogP contribution in [-0.4, -0.2) is 29.5 Å². The Morgan fingerprint density at radius 2 is 2.06 bits per heavy atom. The minimum Gasteiger partial charge on any atom is -0.388 e. The molecular formula is C12H17N3O2S. The Bertz CT molecular complexity index is 461. The topological polar surface area (TPSA) is 67.2 Å². The van der Waals surface area contributed by atoms with Gasteiger partial charge in [-0.3, -0.25) is 10.1 Å². The van der Waals surface area contributed by atoms with Gasteiger partial charge in [-0.25, -0.2) is 0 Å². The van der Waals surface area contributed by atoms with E-state index in [-0.39, 0.29) is 10.6 Å². The predicted octanol–water partition coefficient (Wildman–Crippen LogP) is 2.94. The molecular weight excluding hydrogens is 250 g/mol. The number of thioether (sulfide) groups is 1. The number of hydrogen-bond donors (Lipinski definition) is 2. The maximum atomic E-state index is 10.8. The molecule has 0 aromatic heterocycles. The Hall–Kier alpha value is -1.43. The van der Waals surface area contributed by atoms with Gasteiger partial charge in [-0.05, 0) is 25.2 Å². The highest BCUT2D eigenvalue weighted by atomic mass is 32.2. The van der Waals surface area contributed by atoms with Gasteiger partial charge >= 0.3 is 0 Å². The predicted molar refractivity (Wildman–Crippen MR) is 76.6 cm³/mol. The number of nitro benzene ring substituents is 1. The van der Waals surface area contributed by atoms with Crippen molar-refractivity contribution in [2.45, 2.75) is 17.6 Å². The summed E-state index contributed by atoms with van der Waals surface area (Å²) >= 11 is 1.87. The van der Waals surface area contributed by atoms with Crippen molar-refractivity contribution >= 4 is 28.8 Å². The van der Waals surface area contributed by atoms with Crippen molar-refractivity contribution < 1.29 is 4.92 Å². The van der Waals surface area contributed by atoms with Gasteiger partial charge in [-0.15, -0.1) is 0 Å². The highest BCUT2D eigenvalue weighted by molar-refractivity contribution is 8.00. The van der Waals surface area contributed by atoms with E-state index in [4.69, 9.17) is 0 Å². The minimum atomic E-state index is -0.368. The Kier molecular flexibility index (Phi) is 3.65. The zero-order valence-electron chi connectivity index (χ0n) is 10.5. The third-order valence-corrected chi connectivity index (χ3v) is 4.69. The zero-order valence-corrected chi connectivity index (χ0v) is 11.3. The van der Waals surface area contributed by atoms with E-state index in [9.17, 15) is 10.1 Å². The van der Waals surface area contributed by atoms with E-state index in [1.54, 1.807) is 13.1 Å². The van der Waals surface area contributed by atoms with Crippen LogP contribution < -0.4 is 10.6 Å². The summed E-state index contributed by atoms with van der Waals surface area (Å²) in [6.07, 6.45) is 4.55. The summed E-state index contributed by atoms with van der Waals surface area (Å²) in [5.74, 6) is 0. The number of nitrogens with zero attached hydrogens (tertiary/aromatic N) is 1. The highest BCUT2D eigenvalue weighted by Gasteiger charge is 2.41. The molecule has 1 aromatic rings. The second-order valence-electron chi connectivity index (χ2n) is 4.52. The molecule has 6 heteroatoms. The quantitative estimate of drug-likeness (QED) is 0.612. The fourth-order valence-electron chi connectivity index (χ4n) is 1.82. The summed E-state index contributed by atoms with van der Waals surface area (Å²) in [6.45, 7) is 0.860. The smallest absolute Gasteiger partial charge is 0.273 e. The molecule has 0 unspecified atom stereocenters. The first-order valence-electron chi connectivity index (χ1n) is 5.85. The summed E-state index contributed by atoms with van der Waals surface area (Å²) in [7, 11) is 1.76. The van der Waals surface area contributed by atoms with E-state index >= 15 is 0 Å². The maximum Gasteiger partial charge on any atom is 0.273 e. The second kappa shape index (κ2) is 5.06. The molecule has 0 saturated heterocycles. The average molecular weight is 267 g/mol. The zero-order chi connectivity index (χ0) is 13.2. The molecule has 5 nitrogen and oxygen atoms in total. The number of nitrogens with one attached hydrogen (secondary N) is 2. The van der Waals surface area contributed by atoms with Crippen LogP contribution in [0.25, 0.3) is 0 Å². The number of benzene rings is 1. The van der Waals surface area contributed by atoms with Gasteiger partial charge in [0.2, 0.25) is 0 Å². The Labute approximate surface area is 110 Å². The van der Waals surface area contributed by atoms with Gasteiger partial charge in [0, 0.05) is 41.8 Å². The lowest BCUT2D eigenvalue weighted by atomic mass is 10.2. The normalized spacial score (nSPS) is 16.1. The van der Waals surface area contributed by atoms with E-state index < -0.39 is 0 Å². The first-order valence-corrected chi connectivity index (χ1v) is 7.07. The van der Waals surface area contributed by atoms with Crippen LogP contribution in [0.2, 0.25) is 0 Å². The summed E-state index contributed by atoms with van der Waals surface area (Å²) in [5, 5.41) is 17.1. The first-order chi connectivity index (χ1) is 8.58. The van der Waals surface area contributed by atoms with Crippen LogP contribution in [0.15, 0.2) is 18.2 Å². The lowest BCUT2D eigenvalue weighted by Gasteiger charge is -2.14. The first kappa shape index (κ1) is 13.0. The molecule has 1 aromatic carbocycles. The van der Waals surface area contributed by atoms with E-state index in [1.807, 2.05) is 17.8 Å². The molecule has 0 amide bonds. The van der Waals surface area contributed by atoms with Crippen molar-refractivity contribution in [2.24, 2.45) is 0 Å². The van der Waals surface area contributed by atoms with Crippen LogP contribution in [0.5, 0.6) is 0 Å². The minimum absolute atomic E-state index is 0.110. The Morgan fingerprint density at radius 3 is 2.56 bits per heavy atom. The number of anilines is 2. The van der Waals surface area contributed by atoms with E-state index in [0.29, 0.717) is 4.75 Å². The molecule has 0 heterocycles. The SMILES string of the molecule is CNc1cc(NCC2(SC)CC2)cc([N+](=O)[O-])c1. The molecule has 0 bridgehead atoms. The molecule has 0 radical (unpaired) electrons. The van der Waals surface area contributed by atoms with Crippen molar-refractivity contribution in [3.63, 3.8) is 0 Å². The van der Waals surface area contributed by atoms with Crippen LogP contribution in [-0.2, 0) is 0 Å². The Morgan fingerprint density at radius 1 is 1.39 bits per heavy atom. The van der Waals surface area contributed by atoms with Gasteiger partial charge in [0.05, 0.1) is 4.92 Å². The molecule has 1 aliphatic carbocycles. The molecule has 0 atom stereocenters. The molecule has 1 saturated carbocycles. The average Bonchev–Trinajstić information content (AvgIpc) is 3.16. The molecule has 98 valence electrons. The fraction of sp³-hybridized carbons (Fsp3) is 0.500. The van der Waals surface area contributed by atoms with Crippen molar-refractivity contribution in [1.29, 1.82) is 0 Å². The number of non-ortho nitro benzene ring substituents is 1. The van der Waals surface area contributed by atoms with Gasteiger partial charge in [-0.1, -0.05) is 0 Å². The summed E-state index contributed by atoms with van der Waals surface area (Å²) in [4.78, 5) is 10.5. The van der Waals surface area contributed by atoms with Crippen LogP contribution in [0, 0.1) is 10.1 Å². The molecule has 0 aliphatic heterocycles. The van der Waals surface area contributed by atoms with E-state index in [2.05, 4.69) is 16.9 Å². The van der Waals surface area contributed by atoms with Gasteiger partial charge in [0.25, 0.3) is 5.69 Å². The van der Waals surface area contributed by atoms with Gasteiger partial charge < -0.3 is 10.6 Å². The largest absolute Gasteiger partial charge is 0.388 e. The lowest BCUT2D eigenvalue weighted by Crippen LogP contribution is -2.17. The fourth-order valence-corrected chi connectivity index (χ4v) is 2.55. The monoisotopic (exact) mass is 267 g/mol. The van der Waals surface area contributed by atoms with E-state index in [1.165, 1.54) is 18.9 Å². The van der Waals surface area contributed by atoms with Crippen molar-refractivity contribution in [2.75, 3.05) is 30.5 Å². The van der Waals surface area contributed by atoms with E-state index in [0.717, 1.165) is 17.9 Å². The maximum absolute atomic E-state index is 10.8. The molecule has 0 spiro atoms. The molecule has 2 rings (SSSR count). The molecule has 1 fully saturated rings. The molecule has 2 N–H and O–H groups in total. The van der Waals surface area contributed by atoms with Crippen LogP contribution in [0.4, 0.5) is 17.1 Å². The molecule has 1 aliphatic rings. The number of hydrogen-bond acceptors (Lipinski definition) is 5. The third kappa shape index (κ3) is 2.87.